The molecule has 166 valence electrons. The van der Waals surface area contributed by atoms with Gasteiger partial charge in [0.1, 0.15) is 0 Å². The van der Waals surface area contributed by atoms with E-state index in [1.807, 2.05) is 0 Å². The van der Waals surface area contributed by atoms with Crippen LogP contribution in [0, 0.1) is 0 Å². The lowest BCUT2D eigenvalue weighted by atomic mass is 9.80. The molecule has 2 heterocycles. The van der Waals surface area contributed by atoms with Gasteiger partial charge in [-0.05, 0) is 69.6 Å². The minimum absolute atomic E-state index is 0.0257. The predicted molar refractivity (Wildman–Crippen MR) is 127 cm³/mol. The van der Waals surface area contributed by atoms with E-state index < -0.39 is 0 Å². The van der Waals surface area contributed by atoms with Crippen LogP contribution in [0.4, 0.5) is 0 Å². The van der Waals surface area contributed by atoms with Gasteiger partial charge in [-0.15, -0.1) is 0 Å². The third kappa shape index (κ3) is 5.36. The van der Waals surface area contributed by atoms with Crippen LogP contribution in [-0.2, 0) is 24.3 Å². The van der Waals surface area contributed by atoms with Crippen LogP contribution >= 0.6 is 0 Å². The lowest BCUT2D eigenvalue weighted by molar-refractivity contribution is -0.134. The zero-order chi connectivity index (χ0) is 21.7. The zero-order valence-electron chi connectivity index (χ0n) is 19.2. The smallest absolute Gasteiger partial charge is 0.222 e. The molecule has 4 heteroatoms. The van der Waals surface area contributed by atoms with Gasteiger partial charge in [0.15, 0.2) is 0 Å². The fraction of sp³-hybridized carbons (Fsp3) is 0.519. The molecule has 0 N–H and O–H groups in total. The highest BCUT2D eigenvalue weighted by Crippen LogP contribution is 2.37. The average molecular weight is 420 g/mol. The van der Waals surface area contributed by atoms with E-state index >= 15 is 0 Å². The standard InChI is InChI=1S/C27H37N3O/c1-28(2)17-10-15-26(31)29-21-25-14-7-6-13-24(25)19-27(22-29)16-8-9-18-30(27)20-23-11-4-3-5-12-23/h3-7,11-14H,8-10,15-22H2,1-2H3. The molecule has 0 saturated carbocycles. The van der Waals surface area contributed by atoms with E-state index in [2.05, 4.69) is 83.4 Å². The predicted octanol–water partition coefficient (Wildman–Crippen LogP) is 4.34. The molecule has 0 aliphatic carbocycles. The Bertz CT molecular complexity index is 866. The number of hydrogen-bond acceptors (Lipinski definition) is 3. The molecule has 1 saturated heterocycles. The molecule has 0 bridgehead atoms. The number of hydrogen-bond donors (Lipinski definition) is 0. The van der Waals surface area contributed by atoms with Crippen molar-refractivity contribution in [3.63, 3.8) is 0 Å². The zero-order valence-corrected chi connectivity index (χ0v) is 19.2. The average Bonchev–Trinajstić information content (AvgIpc) is 2.93. The van der Waals surface area contributed by atoms with Crippen molar-refractivity contribution in [2.75, 3.05) is 33.7 Å². The Hall–Kier alpha value is -2.17. The summed E-state index contributed by atoms with van der Waals surface area (Å²) in [5.41, 5.74) is 4.14. The molecule has 1 spiro atoms. The number of rotatable bonds is 6. The third-order valence-corrected chi connectivity index (χ3v) is 7.04. The Kier molecular flexibility index (Phi) is 7.09. The van der Waals surface area contributed by atoms with E-state index in [1.165, 1.54) is 29.5 Å². The lowest BCUT2D eigenvalue weighted by Crippen LogP contribution is -2.58. The van der Waals surface area contributed by atoms with E-state index in [1.54, 1.807) is 0 Å². The van der Waals surface area contributed by atoms with Crippen molar-refractivity contribution in [1.82, 2.24) is 14.7 Å². The lowest BCUT2D eigenvalue weighted by Gasteiger charge is -2.49. The molecule has 0 aromatic heterocycles. The number of nitrogens with zero attached hydrogens (tertiary/aromatic N) is 3. The van der Waals surface area contributed by atoms with Gasteiger partial charge in [-0.25, -0.2) is 0 Å². The molecule has 4 nitrogen and oxygen atoms in total. The molecule has 2 aliphatic rings. The summed E-state index contributed by atoms with van der Waals surface area (Å²) in [5.74, 6) is 0.308. The summed E-state index contributed by atoms with van der Waals surface area (Å²) in [4.78, 5) is 20.3. The van der Waals surface area contributed by atoms with Crippen LogP contribution < -0.4 is 0 Å². The van der Waals surface area contributed by atoms with Crippen molar-refractivity contribution in [3.8, 4) is 0 Å². The summed E-state index contributed by atoms with van der Waals surface area (Å²) in [7, 11) is 4.15. The Balaban J connectivity index is 1.61. The van der Waals surface area contributed by atoms with Crippen LogP contribution in [0.1, 0.15) is 48.8 Å². The molecule has 1 unspecified atom stereocenters. The largest absolute Gasteiger partial charge is 0.336 e. The van der Waals surface area contributed by atoms with Gasteiger partial charge in [0.05, 0.1) is 0 Å². The first-order valence-electron chi connectivity index (χ1n) is 11.8. The van der Waals surface area contributed by atoms with Gasteiger partial charge in [0.2, 0.25) is 5.91 Å². The first-order chi connectivity index (χ1) is 15.1. The highest BCUT2D eigenvalue weighted by Gasteiger charge is 2.43. The summed E-state index contributed by atoms with van der Waals surface area (Å²) in [5, 5.41) is 0. The van der Waals surface area contributed by atoms with Crippen molar-refractivity contribution >= 4 is 5.91 Å². The van der Waals surface area contributed by atoms with Crippen molar-refractivity contribution in [3.05, 3.63) is 71.3 Å². The number of piperidine rings is 1. The molecule has 2 aliphatic heterocycles. The molecular weight excluding hydrogens is 382 g/mol. The molecule has 2 aromatic rings. The monoisotopic (exact) mass is 419 g/mol. The third-order valence-electron chi connectivity index (χ3n) is 7.04. The first kappa shape index (κ1) is 22.0. The second-order valence-corrected chi connectivity index (χ2v) is 9.69. The first-order valence-corrected chi connectivity index (χ1v) is 11.8. The van der Waals surface area contributed by atoms with Gasteiger partial charge < -0.3 is 9.80 Å². The Morgan fingerprint density at radius 2 is 1.74 bits per heavy atom. The number of likely N-dealkylation sites (tertiary alicyclic amines) is 1. The van der Waals surface area contributed by atoms with E-state index in [4.69, 9.17) is 0 Å². The quantitative estimate of drug-likeness (QED) is 0.697. The summed E-state index contributed by atoms with van der Waals surface area (Å²) >= 11 is 0. The highest BCUT2D eigenvalue weighted by atomic mass is 16.2. The van der Waals surface area contributed by atoms with E-state index in [-0.39, 0.29) is 5.54 Å². The molecule has 2 aromatic carbocycles. The van der Waals surface area contributed by atoms with Gasteiger partial charge >= 0.3 is 0 Å². The number of amides is 1. The van der Waals surface area contributed by atoms with E-state index in [0.717, 1.165) is 52.0 Å². The maximum absolute atomic E-state index is 13.3. The van der Waals surface area contributed by atoms with Crippen LogP contribution in [-0.4, -0.2) is 59.9 Å². The molecule has 1 atom stereocenters. The van der Waals surface area contributed by atoms with Gasteiger partial charge in [0, 0.05) is 31.6 Å². The van der Waals surface area contributed by atoms with Crippen LogP contribution in [0.5, 0.6) is 0 Å². The van der Waals surface area contributed by atoms with Gasteiger partial charge in [-0.3, -0.25) is 9.69 Å². The van der Waals surface area contributed by atoms with Gasteiger partial charge in [-0.2, -0.15) is 0 Å². The van der Waals surface area contributed by atoms with Gasteiger partial charge in [0.25, 0.3) is 0 Å². The molecule has 1 fully saturated rings. The summed E-state index contributed by atoms with van der Waals surface area (Å²) < 4.78 is 0. The number of benzene rings is 2. The Morgan fingerprint density at radius 3 is 2.52 bits per heavy atom. The normalized spacial score (nSPS) is 21.8. The highest BCUT2D eigenvalue weighted by molar-refractivity contribution is 5.76. The summed E-state index contributed by atoms with van der Waals surface area (Å²) in [6.07, 6.45) is 6.25. The molecule has 1 amide bonds. The fourth-order valence-electron chi connectivity index (χ4n) is 5.37. The topological polar surface area (TPSA) is 26.8 Å². The van der Waals surface area contributed by atoms with Crippen LogP contribution in [0.25, 0.3) is 0 Å². The van der Waals surface area contributed by atoms with Crippen LogP contribution in [0.2, 0.25) is 0 Å². The minimum Gasteiger partial charge on any atom is -0.336 e. The summed E-state index contributed by atoms with van der Waals surface area (Å²) in [6.45, 7) is 4.63. The van der Waals surface area contributed by atoms with Crippen LogP contribution in [0.15, 0.2) is 54.6 Å². The summed E-state index contributed by atoms with van der Waals surface area (Å²) in [6, 6.07) is 19.6. The van der Waals surface area contributed by atoms with Gasteiger partial charge in [-0.1, -0.05) is 61.0 Å². The second kappa shape index (κ2) is 9.97. The van der Waals surface area contributed by atoms with E-state index in [9.17, 15) is 4.79 Å². The fourth-order valence-corrected chi connectivity index (χ4v) is 5.37. The molecule has 0 radical (unpaired) electrons. The number of carbonyl (C=O) groups excluding carboxylic acids is 1. The maximum Gasteiger partial charge on any atom is 0.222 e. The van der Waals surface area contributed by atoms with Crippen LogP contribution in [0.3, 0.4) is 0 Å². The van der Waals surface area contributed by atoms with Crippen molar-refractivity contribution in [2.45, 2.75) is 57.2 Å². The van der Waals surface area contributed by atoms with Crippen molar-refractivity contribution < 1.29 is 4.79 Å². The van der Waals surface area contributed by atoms with Crippen molar-refractivity contribution in [1.29, 1.82) is 0 Å². The molecule has 4 rings (SSSR count). The Labute approximate surface area is 187 Å². The molecular formula is C27H37N3O. The Morgan fingerprint density at radius 1 is 1.00 bits per heavy atom. The minimum atomic E-state index is 0.0257. The van der Waals surface area contributed by atoms with E-state index in [0.29, 0.717) is 12.3 Å². The van der Waals surface area contributed by atoms with Crippen molar-refractivity contribution in [2.24, 2.45) is 0 Å². The molecule has 31 heavy (non-hydrogen) atoms. The number of fused-ring (bicyclic) bond motifs is 1. The second-order valence-electron chi connectivity index (χ2n) is 9.69. The maximum atomic E-state index is 13.3. The number of carbonyl (C=O) groups is 1. The SMILES string of the molecule is CN(C)CCCC(=O)N1Cc2ccccc2CC2(CCCCN2Cc2ccccc2)C1.